The number of rotatable bonds is 6. The van der Waals surface area contributed by atoms with Crippen molar-refractivity contribution >= 4 is 16.9 Å². The molecule has 1 aliphatic heterocycles. The summed E-state index contributed by atoms with van der Waals surface area (Å²) in [7, 11) is 0. The number of benzene rings is 3. The normalized spacial score (nSPS) is 13.7. The van der Waals surface area contributed by atoms with E-state index in [2.05, 4.69) is 18.8 Å². The molecule has 0 aliphatic carbocycles. The smallest absolute Gasteiger partial charge is 0.253 e. The van der Waals surface area contributed by atoms with Crippen molar-refractivity contribution in [2.45, 2.75) is 13.5 Å². The highest BCUT2D eigenvalue weighted by Crippen LogP contribution is 2.37. The van der Waals surface area contributed by atoms with E-state index in [0.29, 0.717) is 53.6 Å². The minimum atomic E-state index is -0.471. The van der Waals surface area contributed by atoms with Gasteiger partial charge in [-0.15, -0.1) is 0 Å². The lowest BCUT2D eigenvalue weighted by Gasteiger charge is -2.37. The maximum Gasteiger partial charge on any atom is 0.253 e. The van der Waals surface area contributed by atoms with Crippen LogP contribution in [0.25, 0.3) is 33.2 Å². The van der Waals surface area contributed by atoms with Crippen LogP contribution in [0, 0.1) is 17.6 Å². The second kappa shape index (κ2) is 8.78. The minimum absolute atomic E-state index is 0.153. The summed E-state index contributed by atoms with van der Waals surface area (Å²) in [6, 6.07) is 16.3. The van der Waals surface area contributed by atoms with E-state index in [1.807, 2.05) is 18.2 Å². The van der Waals surface area contributed by atoms with Gasteiger partial charge in [0.2, 0.25) is 0 Å². The van der Waals surface area contributed by atoms with Crippen LogP contribution < -0.4 is 5.32 Å². The largest absolute Gasteiger partial charge is 0.459 e. The minimum Gasteiger partial charge on any atom is -0.459 e. The first-order chi connectivity index (χ1) is 16.4. The van der Waals surface area contributed by atoms with E-state index in [0.717, 1.165) is 16.5 Å². The van der Waals surface area contributed by atoms with E-state index in [1.54, 1.807) is 35.4 Å². The van der Waals surface area contributed by atoms with Gasteiger partial charge in [-0.2, -0.15) is 0 Å². The van der Waals surface area contributed by atoms with E-state index >= 15 is 4.39 Å². The fourth-order valence-corrected chi connectivity index (χ4v) is 4.40. The van der Waals surface area contributed by atoms with Gasteiger partial charge >= 0.3 is 0 Å². The number of hydrogen-bond acceptors (Lipinski definition) is 3. The van der Waals surface area contributed by atoms with Crippen molar-refractivity contribution in [3.05, 3.63) is 96.4 Å². The number of hydrogen-bond donors (Lipinski definition) is 1. The van der Waals surface area contributed by atoms with Crippen LogP contribution in [0.1, 0.15) is 23.0 Å². The number of carbonyl (C=O) groups excluding carboxylic acids is 1. The molecule has 0 radical (unpaired) electrons. The molecule has 5 rings (SSSR count). The summed E-state index contributed by atoms with van der Waals surface area (Å²) in [5, 5.41) is 3.81. The average molecular weight is 459 g/mol. The molecule has 0 spiro atoms. The van der Waals surface area contributed by atoms with Crippen LogP contribution in [-0.4, -0.2) is 23.9 Å². The van der Waals surface area contributed by atoms with Gasteiger partial charge < -0.3 is 14.6 Å². The summed E-state index contributed by atoms with van der Waals surface area (Å²) >= 11 is 0. The lowest BCUT2D eigenvalue weighted by Crippen LogP contribution is -2.48. The van der Waals surface area contributed by atoms with Gasteiger partial charge in [0, 0.05) is 35.2 Å². The Morgan fingerprint density at radius 3 is 2.50 bits per heavy atom. The number of fused-ring (bicyclic) bond motifs is 1. The molecular weight excluding hydrogens is 434 g/mol. The van der Waals surface area contributed by atoms with Crippen molar-refractivity contribution < 1.29 is 18.0 Å². The van der Waals surface area contributed by atoms with Crippen molar-refractivity contribution in [1.29, 1.82) is 0 Å². The molecule has 0 unspecified atom stereocenters. The summed E-state index contributed by atoms with van der Waals surface area (Å²) in [5.74, 6) is 0.210. The second-order valence-corrected chi connectivity index (χ2v) is 8.76. The zero-order valence-corrected chi connectivity index (χ0v) is 18.8. The summed E-state index contributed by atoms with van der Waals surface area (Å²) in [6.45, 7) is 7.58. The number of halogens is 2. The van der Waals surface area contributed by atoms with Crippen LogP contribution in [0.3, 0.4) is 0 Å². The molecule has 1 aliphatic rings. The van der Waals surface area contributed by atoms with Crippen molar-refractivity contribution in [2.24, 2.45) is 5.92 Å². The Morgan fingerprint density at radius 2 is 1.82 bits per heavy atom. The van der Waals surface area contributed by atoms with Gasteiger partial charge in [-0.25, -0.2) is 8.78 Å². The Hall–Kier alpha value is -3.93. The van der Waals surface area contributed by atoms with E-state index in [1.165, 1.54) is 18.2 Å². The topological polar surface area (TPSA) is 45.5 Å². The zero-order valence-electron chi connectivity index (χ0n) is 18.8. The molecule has 1 amide bonds. The molecule has 4 nitrogen and oxygen atoms in total. The highest BCUT2D eigenvalue weighted by molar-refractivity contribution is 5.98. The average Bonchev–Trinajstić information content (AvgIpc) is 3.23. The SMILES string of the molecule is C=CNCc1cc2cc(-c3ccc(C(=O)N4CC(C)C4)cc3F)cc(-c3ccc(F)cc3)c2o1. The fraction of sp³-hybridized carbons (Fsp3) is 0.179. The Balaban J connectivity index is 1.58. The molecule has 1 aromatic heterocycles. The Kier molecular flexibility index (Phi) is 5.65. The van der Waals surface area contributed by atoms with Crippen LogP contribution in [-0.2, 0) is 6.54 Å². The third kappa shape index (κ3) is 4.07. The summed E-state index contributed by atoms with van der Waals surface area (Å²) in [5.41, 5.74) is 3.48. The quantitative estimate of drug-likeness (QED) is 0.365. The number of carbonyl (C=O) groups is 1. The molecular formula is C28H24F2N2O2. The molecule has 1 saturated heterocycles. The number of likely N-dealkylation sites (tertiary alicyclic amines) is 1. The fourth-order valence-electron chi connectivity index (χ4n) is 4.40. The van der Waals surface area contributed by atoms with Gasteiger partial charge in [0.15, 0.2) is 0 Å². The van der Waals surface area contributed by atoms with Gasteiger partial charge in [-0.1, -0.05) is 31.7 Å². The molecule has 0 bridgehead atoms. The lowest BCUT2D eigenvalue weighted by atomic mass is 9.95. The van der Waals surface area contributed by atoms with Crippen LogP contribution in [0.5, 0.6) is 0 Å². The predicted octanol–water partition coefficient (Wildman–Crippen LogP) is 6.37. The first kappa shape index (κ1) is 21.9. The highest BCUT2D eigenvalue weighted by Gasteiger charge is 2.28. The first-order valence-corrected chi connectivity index (χ1v) is 11.2. The maximum absolute atomic E-state index is 15.3. The molecule has 0 saturated carbocycles. The van der Waals surface area contributed by atoms with E-state index < -0.39 is 5.82 Å². The molecule has 34 heavy (non-hydrogen) atoms. The molecule has 0 atom stereocenters. The Bertz CT molecular complexity index is 1390. The van der Waals surface area contributed by atoms with Crippen LogP contribution in [0.4, 0.5) is 8.78 Å². The third-order valence-corrected chi connectivity index (χ3v) is 6.12. The zero-order chi connectivity index (χ0) is 23.8. The number of nitrogens with one attached hydrogen (secondary N) is 1. The molecule has 6 heteroatoms. The van der Waals surface area contributed by atoms with Crippen molar-refractivity contribution in [2.75, 3.05) is 13.1 Å². The molecule has 1 fully saturated rings. The Labute approximate surface area is 196 Å². The standard InChI is InChI=1S/C28H24F2N2O2/c1-3-31-14-23-11-21-10-20(12-25(27(21)34-23)18-4-7-22(29)8-5-18)24-9-6-19(13-26(24)30)28(33)32-15-17(2)16-32/h3-13,17,31H,1,14-16H2,2H3. The van der Waals surface area contributed by atoms with Gasteiger partial charge in [0.05, 0.1) is 6.54 Å². The van der Waals surface area contributed by atoms with Crippen LogP contribution in [0.2, 0.25) is 0 Å². The molecule has 4 aromatic rings. The summed E-state index contributed by atoms with van der Waals surface area (Å²) < 4.78 is 34.9. The number of nitrogens with zero attached hydrogens (tertiary/aromatic N) is 1. The van der Waals surface area contributed by atoms with Gasteiger partial charge in [0.25, 0.3) is 5.91 Å². The maximum atomic E-state index is 15.3. The van der Waals surface area contributed by atoms with Crippen LogP contribution in [0.15, 0.2) is 77.9 Å². The molecule has 1 N–H and O–H groups in total. The Morgan fingerprint density at radius 1 is 1.06 bits per heavy atom. The van der Waals surface area contributed by atoms with E-state index in [-0.39, 0.29) is 11.7 Å². The van der Waals surface area contributed by atoms with E-state index in [4.69, 9.17) is 4.42 Å². The van der Waals surface area contributed by atoms with E-state index in [9.17, 15) is 9.18 Å². The molecule has 172 valence electrons. The van der Waals surface area contributed by atoms with Crippen LogP contribution >= 0.6 is 0 Å². The molecule has 3 aromatic carbocycles. The summed E-state index contributed by atoms with van der Waals surface area (Å²) in [6.07, 6.45) is 1.58. The third-order valence-electron chi connectivity index (χ3n) is 6.12. The van der Waals surface area contributed by atoms with Crippen molar-refractivity contribution in [3.63, 3.8) is 0 Å². The van der Waals surface area contributed by atoms with Gasteiger partial charge in [-0.05, 0) is 65.7 Å². The number of amides is 1. The second-order valence-electron chi connectivity index (χ2n) is 8.76. The lowest BCUT2D eigenvalue weighted by molar-refractivity contribution is 0.0530. The monoisotopic (exact) mass is 458 g/mol. The first-order valence-electron chi connectivity index (χ1n) is 11.2. The predicted molar refractivity (Wildman–Crippen MR) is 129 cm³/mol. The van der Waals surface area contributed by atoms with Gasteiger partial charge in [0.1, 0.15) is 23.0 Å². The number of furan rings is 1. The highest BCUT2D eigenvalue weighted by atomic mass is 19.1. The van der Waals surface area contributed by atoms with Gasteiger partial charge in [-0.3, -0.25) is 4.79 Å². The molecule has 2 heterocycles. The van der Waals surface area contributed by atoms with Crippen molar-refractivity contribution in [3.8, 4) is 22.3 Å². The van der Waals surface area contributed by atoms with Crippen molar-refractivity contribution in [1.82, 2.24) is 10.2 Å². The summed E-state index contributed by atoms with van der Waals surface area (Å²) in [4.78, 5) is 14.3.